The lowest BCUT2D eigenvalue weighted by molar-refractivity contribution is 0.474. The molecule has 0 unspecified atom stereocenters. The smallest absolute Gasteiger partial charge is 0.186 e. The molecule has 0 radical (unpaired) electrons. The Balaban J connectivity index is 2.74. The van der Waals surface area contributed by atoms with E-state index in [4.69, 9.17) is 23.8 Å². The van der Waals surface area contributed by atoms with E-state index in [-0.39, 0.29) is 10.8 Å². The first-order valence-corrected chi connectivity index (χ1v) is 6.37. The maximum absolute atomic E-state index is 9.67. The summed E-state index contributed by atoms with van der Waals surface area (Å²) in [5, 5.41) is 17.1. The van der Waals surface area contributed by atoms with Crippen LogP contribution in [0.1, 0.15) is 12.5 Å². The van der Waals surface area contributed by atoms with Crippen LogP contribution in [0.2, 0.25) is 5.02 Å². The third-order valence-corrected chi connectivity index (χ3v) is 2.75. The Hall–Kier alpha value is -0.850. The molecule has 1 aromatic rings. The van der Waals surface area contributed by atoms with Crippen molar-refractivity contribution in [1.82, 2.24) is 10.7 Å². The lowest BCUT2D eigenvalue weighted by Crippen LogP contribution is -2.31. The van der Waals surface area contributed by atoms with Gasteiger partial charge in [-0.2, -0.15) is 5.10 Å². The summed E-state index contributed by atoms with van der Waals surface area (Å²) in [7, 11) is 0. The minimum atomic E-state index is -0.0187. The van der Waals surface area contributed by atoms with Gasteiger partial charge in [0.25, 0.3) is 0 Å². The average Bonchev–Trinajstić information content (AvgIpc) is 2.25. The van der Waals surface area contributed by atoms with E-state index in [0.717, 1.165) is 11.0 Å². The van der Waals surface area contributed by atoms with E-state index in [0.29, 0.717) is 10.7 Å². The van der Waals surface area contributed by atoms with Gasteiger partial charge in [0.15, 0.2) is 5.11 Å². The molecule has 1 rings (SSSR count). The van der Waals surface area contributed by atoms with E-state index in [1.807, 2.05) is 6.92 Å². The highest BCUT2D eigenvalue weighted by Gasteiger charge is 2.05. The summed E-state index contributed by atoms with van der Waals surface area (Å²) in [5.41, 5.74) is 3.11. The number of hydrazone groups is 1. The third kappa shape index (κ3) is 4.49. The monoisotopic (exact) mass is 335 g/mol. The van der Waals surface area contributed by atoms with Crippen molar-refractivity contribution in [3.8, 4) is 5.75 Å². The molecule has 0 bridgehead atoms. The number of nitrogens with one attached hydrogen (secondary N) is 2. The number of aromatic hydroxyl groups is 1. The number of thiocarbonyl (C=S) groups is 1. The van der Waals surface area contributed by atoms with Crippen molar-refractivity contribution in [1.29, 1.82) is 0 Å². The molecule has 92 valence electrons. The lowest BCUT2D eigenvalue weighted by atomic mass is 10.2. The van der Waals surface area contributed by atoms with Crippen molar-refractivity contribution in [2.45, 2.75) is 6.92 Å². The molecular formula is C10H11BrClN3OS. The number of benzene rings is 1. The number of hydrogen-bond donors (Lipinski definition) is 3. The minimum Gasteiger partial charge on any atom is -0.506 e. The predicted molar refractivity (Wildman–Crippen MR) is 77.8 cm³/mol. The topological polar surface area (TPSA) is 56.7 Å². The summed E-state index contributed by atoms with van der Waals surface area (Å²) in [4.78, 5) is 0. The van der Waals surface area contributed by atoms with Crippen LogP contribution in [0.15, 0.2) is 21.7 Å². The standard InChI is InChI=1S/C10H11BrClN3OS/c1-2-13-10(17)15-14-5-6-3-7(11)4-8(12)9(6)16/h3-5,16H,2H2,1H3,(H2,13,15,17)/b14-5+. The maximum Gasteiger partial charge on any atom is 0.186 e. The van der Waals surface area contributed by atoms with E-state index in [9.17, 15) is 5.11 Å². The number of nitrogens with zero attached hydrogens (tertiary/aromatic N) is 1. The number of phenols is 1. The fraction of sp³-hybridized carbons (Fsp3) is 0.200. The number of halogens is 2. The van der Waals surface area contributed by atoms with Gasteiger partial charge < -0.3 is 10.4 Å². The molecule has 0 aliphatic carbocycles. The molecule has 0 aliphatic heterocycles. The van der Waals surface area contributed by atoms with Gasteiger partial charge in [0, 0.05) is 16.6 Å². The highest BCUT2D eigenvalue weighted by molar-refractivity contribution is 9.10. The Morgan fingerprint density at radius 1 is 1.65 bits per heavy atom. The quantitative estimate of drug-likeness (QED) is 0.451. The lowest BCUT2D eigenvalue weighted by Gasteiger charge is -2.04. The van der Waals surface area contributed by atoms with Gasteiger partial charge in [0.2, 0.25) is 0 Å². The zero-order chi connectivity index (χ0) is 12.8. The van der Waals surface area contributed by atoms with Gasteiger partial charge in [0.1, 0.15) is 5.75 Å². The van der Waals surface area contributed by atoms with Gasteiger partial charge in [-0.25, -0.2) is 0 Å². The normalized spacial score (nSPS) is 10.5. The summed E-state index contributed by atoms with van der Waals surface area (Å²) in [6.07, 6.45) is 1.44. The summed E-state index contributed by atoms with van der Waals surface area (Å²) < 4.78 is 0.760. The van der Waals surface area contributed by atoms with Crippen molar-refractivity contribution in [2.75, 3.05) is 6.54 Å². The first-order chi connectivity index (χ1) is 8.04. The SMILES string of the molecule is CCNC(=S)N/N=C/c1cc(Br)cc(Cl)c1O. The van der Waals surface area contributed by atoms with Crippen molar-refractivity contribution < 1.29 is 5.11 Å². The molecule has 7 heteroatoms. The van der Waals surface area contributed by atoms with Gasteiger partial charge in [-0.15, -0.1) is 0 Å². The molecule has 0 aliphatic rings. The van der Waals surface area contributed by atoms with Crippen LogP contribution in [0.5, 0.6) is 5.75 Å². The van der Waals surface area contributed by atoms with E-state index in [1.165, 1.54) is 6.21 Å². The number of hydrogen-bond acceptors (Lipinski definition) is 3. The fourth-order valence-corrected chi connectivity index (χ4v) is 2.08. The second kappa shape index (κ2) is 6.78. The molecule has 0 saturated heterocycles. The molecule has 0 amide bonds. The van der Waals surface area contributed by atoms with Gasteiger partial charge >= 0.3 is 0 Å². The molecule has 0 aromatic heterocycles. The molecule has 0 spiro atoms. The number of rotatable bonds is 3. The van der Waals surface area contributed by atoms with Crippen molar-refractivity contribution in [3.05, 3.63) is 27.2 Å². The van der Waals surface area contributed by atoms with Crippen molar-refractivity contribution in [2.24, 2.45) is 5.10 Å². The van der Waals surface area contributed by atoms with Crippen LogP contribution in [0.3, 0.4) is 0 Å². The minimum absolute atomic E-state index is 0.0187. The molecule has 0 heterocycles. The second-order valence-electron chi connectivity index (χ2n) is 3.05. The molecule has 1 aromatic carbocycles. The summed E-state index contributed by atoms with van der Waals surface area (Å²) in [5.74, 6) is -0.0187. The Morgan fingerprint density at radius 2 is 2.35 bits per heavy atom. The molecule has 0 fully saturated rings. The van der Waals surface area contributed by atoms with Crippen molar-refractivity contribution >= 4 is 51.1 Å². The van der Waals surface area contributed by atoms with Crippen LogP contribution in [-0.4, -0.2) is 23.0 Å². The van der Waals surface area contributed by atoms with E-state index in [1.54, 1.807) is 12.1 Å². The first-order valence-electron chi connectivity index (χ1n) is 4.79. The van der Waals surface area contributed by atoms with E-state index >= 15 is 0 Å². The van der Waals surface area contributed by atoms with Crippen molar-refractivity contribution in [3.63, 3.8) is 0 Å². The predicted octanol–water partition coefficient (Wildman–Crippen LogP) is 2.63. The van der Waals surface area contributed by atoms with E-state index < -0.39 is 0 Å². The summed E-state index contributed by atoms with van der Waals surface area (Å²) >= 11 is 14.0. The Bertz CT molecular complexity index is 453. The molecule has 3 N–H and O–H groups in total. The maximum atomic E-state index is 9.67. The average molecular weight is 337 g/mol. The summed E-state index contributed by atoms with van der Waals surface area (Å²) in [6.45, 7) is 2.65. The highest BCUT2D eigenvalue weighted by atomic mass is 79.9. The van der Waals surface area contributed by atoms with Gasteiger partial charge in [0.05, 0.1) is 11.2 Å². The Labute approximate surface area is 118 Å². The van der Waals surface area contributed by atoms with Crippen LogP contribution in [-0.2, 0) is 0 Å². The molecule has 0 saturated carbocycles. The zero-order valence-electron chi connectivity index (χ0n) is 9.00. The second-order valence-corrected chi connectivity index (χ2v) is 4.79. The highest BCUT2D eigenvalue weighted by Crippen LogP contribution is 2.30. The van der Waals surface area contributed by atoms with Gasteiger partial charge in [-0.3, -0.25) is 5.43 Å². The molecule has 17 heavy (non-hydrogen) atoms. The van der Waals surface area contributed by atoms with Gasteiger partial charge in [-0.05, 0) is 31.3 Å². The van der Waals surface area contributed by atoms with Crippen LogP contribution < -0.4 is 10.7 Å². The van der Waals surface area contributed by atoms with Crippen LogP contribution in [0.4, 0.5) is 0 Å². The first kappa shape index (κ1) is 14.2. The zero-order valence-corrected chi connectivity index (χ0v) is 12.2. The fourth-order valence-electron chi connectivity index (χ4n) is 1.04. The third-order valence-electron chi connectivity index (χ3n) is 1.76. The molecule has 0 atom stereocenters. The van der Waals surface area contributed by atoms with E-state index in [2.05, 4.69) is 31.8 Å². The Morgan fingerprint density at radius 3 is 3.00 bits per heavy atom. The van der Waals surface area contributed by atoms with Crippen LogP contribution in [0.25, 0.3) is 0 Å². The van der Waals surface area contributed by atoms with Crippen LogP contribution in [0, 0.1) is 0 Å². The molecular weight excluding hydrogens is 326 g/mol. The summed E-state index contributed by atoms with van der Waals surface area (Å²) in [6, 6.07) is 3.30. The molecule has 4 nitrogen and oxygen atoms in total. The number of phenolic OH excluding ortho intramolecular Hbond substituents is 1. The Kier molecular flexibility index (Phi) is 5.67. The van der Waals surface area contributed by atoms with Crippen LogP contribution >= 0.6 is 39.7 Å². The largest absolute Gasteiger partial charge is 0.506 e. The van der Waals surface area contributed by atoms with Gasteiger partial charge in [-0.1, -0.05) is 27.5 Å².